The van der Waals surface area contributed by atoms with Gasteiger partial charge in [-0.05, 0) is 36.4 Å². The van der Waals surface area contributed by atoms with Crippen molar-refractivity contribution in [2.24, 2.45) is 5.73 Å². The Bertz CT molecular complexity index is 1150. The van der Waals surface area contributed by atoms with Crippen LogP contribution in [0.5, 0.6) is 0 Å². The second kappa shape index (κ2) is 9.15. The van der Waals surface area contributed by atoms with Crippen LogP contribution in [0.25, 0.3) is 11.5 Å². The third-order valence-corrected chi connectivity index (χ3v) is 5.31. The van der Waals surface area contributed by atoms with Crippen molar-refractivity contribution in [3.05, 3.63) is 59.8 Å². The number of piperazine rings is 1. The molecule has 0 spiro atoms. The first-order chi connectivity index (χ1) is 15.9. The summed E-state index contributed by atoms with van der Waals surface area (Å²) in [5, 5.41) is 5.51. The minimum Gasteiger partial charge on any atom is -0.419 e. The summed E-state index contributed by atoms with van der Waals surface area (Å²) >= 11 is 0. The maximum Gasteiger partial charge on any atom is 0.317 e. The van der Waals surface area contributed by atoms with Gasteiger partial charge in [0, 0.05) is 44.6 Å². The molecule has 3 aromatic rings. The summed E-state index contributed by atoms with van der Waals surface area (Å²) in [4.78, 5) is 31.3. The van der Waals surface area contributed by atoms with Gasteiger partial charge >= 0.3 is 6.03 Å². The van der Waals surface area contributed by atoms with Gasteiger partial charge in [-0.15, -0.1) is 0 Å². The van der Waals surface area contributed by atoms with Crippen LogP contribution in [0.2, 0.25) is 0 Å². The van der Waals surface area contributed by atoms with Crippen LogP contribution in [0.1, 0.15) is 10.5 Å². The number of rotatable bonds is 5. The van der Waals surface area contributed by atoms with E-state index in [2.05, 4.69) is 20.5 Å². The predicted octanol–water partition coefficient (Wildman–Crippen LogP) is 2.92. The van der Waals surface area contributed by atoms with Crippen LogP contribution < -0.4 is 21.3 Å². The van der Waals surface area contributed by atoms with E-state index >= 15 is 0 Å². The lowest BCUT2D eigenvalue weighted by atomic mass is 10.2. The molecular weight excluding hydrogens is 434 g/mol. The van der Waals surface area contributed by atoms with E-state index in [-0.39, 0.29) is 17.6 Å². The highest BCUT2D eigenvalue weighted by Crippen LogP contribution is 2.31. The van der Waals surface area contributed by atoms with E-state index in [1.807, 2.05) is 12.1 Å². The summed E-state index contributed by atoms with van der Waals surface area (Å²) < 4.78 is 33.7. The highest BCUT2D eigenvalue weighted by atomic mass is 19.1. The van der Waals surface area contributed by atoms with Gasteiger partial charge in [0.15, 0.2) is 5.69 Å². The number of nitrogens with two attached hydrogens (primary N) is 1. The lowest BCUT2D eigenvalue weighted by molar-refractivity contribution is 0.0996. The van der Waals surface area contributed by atoms with Crippen LogP contribution in [0.15, 0.2) is 46.9 Å². The van der Waals surface area contributed by atoms with Crippen molar-refractivity contribution < 1.29 is 22.8 Å². The zero-order chi connectivity index (χ0) is 23.5. The molecule has 2 aromatic carbocycles. The molecule has 0 aliphatic carbocycles. The lowest BCUT2D eigenvalue weighted by Crippen LogP contribution is -2.51. The van der Waals surface area contributed by atoms with Crippen LogP contribution in [-0.4, -0.2) is 55.0 Å². The van der Waals surface area contributed by atoms with E-state index < -0.39 is 29.0 Å². The molecular formula is C22H22F2N6O3. The standard InChI is InChI=1S/C22H22F2N6O3/c1-26-22(32)30-11-9-29(10-12-30)14-7-5-13(6-8-14)27-21-18(19(25)31)28-20(33-21)17-15(23)3-2-4-16(17)24/h2-8,27H,9-12H2,1H3,(H2,25,31)(H,26,32). The van der Waals surface area contributed by atoms with Gasteiger partial charge in [0.2, 0.25) is 11.8 Å². The Labute approximate surface area is 188 Å². The zero-order valence-corrected chi connectivity index (χ0v) is 17.8. The number of nitrogens with zero attached hydrogens (tertiary/aromatic N) is 3. The van der Waals surface area contributed by atoms with E-state index in [4.69, 9.17) is 10.2 Å². The summed E-state index contributed by atoms with van der Waals surface area (Å²) in [5.74, 6) is -3.17. The van der Waals surface area contributed by atoms with Crippen molar-refractivity contribution in [1.82, 2.24) is 15.2 Å². The lowest BCUT2D eigenvalue weighted by Gasteiger charge is -2.35. The van der Waals surface area contributed by atoms with E-state index in [0.29, 0.717) is 31.9 Å². The van der Waals surface area contributed by atoms with Gasteiger partial charge in [-0.2, -0.15) is 0 Å². The number of benzene rings is 2. The Morgan fingerprint density at radius 3 is 2.24 bits per heavy atom. The second-order valence-electron chi connectivity index (χ2n) is 7.36. The van der Waals surface area contributed by atoms with Gasteiger partial charge in [-0.25, -0.2) is 18.6 Å². The van der Waals surface area contributed by atoms with Crippen molar-refractivity contribution in [3.63, 3.8) is 0 Å². The zero-order valence-electron chi connectivity index (χ0n) is 17.8. The van der Waals surface area contributed by atoms with Crippen molar-refractivity contribution in [1.29, 1.82) is 0 Å². The number of aromatic nitrogens is 1. The fourth-order valence-corrected chi connectivity index (χ4v) is 3.59. The molecule has 2 heterocycles. The minimum absolute atomic E-state index is 0.0962. The number of oxazole rings is 1. The number of hydrogen-bond acceptors (Lipinski definition) is 6. The molecule has 1 aromatic heterocycles. The van der Waals surface area contributed by atoms with Gasteiger partial charge in [0.1, 0.15) is 17.2 Å². The van der Waals surface area contributed by atoms with Gasteiger partial charge in [-0.1, -0.05) is 6.07 Å². The van der Waals surface area contributed by atoms with Crippen molar-refractivity contribution >= 4 is 29.2 Å². The van der Waals surface area contributed by atoms with E-state index in [1.165, 1.54) is 6.07 Å². The maximum absolute atomic E-state index is 14.1. The summed E-state index contributed by atoms with van der Waals surface area (Å²) in [6.45, 7) is 2.58. The van der Waals surface area contributed by atoms with Crippen LogP contribution in [-0.2, 0) is 0 Å². The van der Waals surface area contributed by atoms with Crippen LogP contribution in [0, 0.1) is 11.6 Å². The van der Waals surface area contributed by atoms with E-state index in [9.17, 15) is 18.4 Å². The molecule has 1 saturated heterocycles. The van der Waals surface area contributed by atoms with E-state index in [1.54, 1.807) is 24.1 Å². The Morgan fingerprint density at radius 2 is 1.67 bits per heavy atom. The summed E-state index contributed by atoms with van der Waals surface area (Å²) in [5.41, 5.74) is 6.12. The largest absolute Gasteiger partial charge is 0.419 e. The normalized spacial score (nSPS) is 13.7. The monoisotopic (exact) mass is 456 g/mol. The Morgan fingerprint density at radius 1 is 1.03 bits per heavy atom. The molecule has 0 radical (unpaired) electrons. The van der Waals surface area contributed by atoms with Crippen molar-refractivity contribution in [2.75, 3.05) is 43.4 Å². The molecule has 11 heteroatoms. The number of primary amides is 1. The van der Waals surface area contributed by atoms with Crippen molar-refractivity contribution in [2.45, 2.75) is 0 Å². The number of carbonyl (C=O) groups is 2. The number of hydrogen-bond donors (Lipinski definition) is 3. The fourth-order valence-electron chi connectivity index (χ4n) is 3.59. The SMILES string of the molecule is CNC(=O)N1CCN(c2ccc(Nc3oc(-c4c(F)cccc4F)nc3C(N)=O)cc2)CC1. The Kier molecular flexibility index (Phi) is 6.11. The van der Waals surface area contributed by atoms with Crippen LogP contribution in [0.3, 0.4) is 0 Å². The number of carbonyl (C=O) groups excluding carboxylic acids is 2. The summed E-state index contributed by atoms with van der Waals surface area (Å²) in [7, 11) is 1.61. The summed E-state index contributed by atoms with van der Waals surface area (Å²) in [6, 6.07) is 10.5. The minimum atomic E-state index is -0.908. The van der Waals surface area contributed by atoms with Crippen LogP contribution in [0.4, 0.5) is 30.8 Å². The highest BCUT2D eigenvalue weighted by molar-refractivity contribution is 5.96. The fraction of sp³-hybridized carbons (Fsp3) is 0.227. The predicted molar refractivity (Wildman–Crippen MR) is 118 cm³/mol. The first-order valence-corrected chi connectivity index (χ1v) is 10.2. The van der Waals surface area contributed by atoms with Gasteiger partial charge in [0.25, 0.3) is 5.91 Å². The number of urea groups is 1. The number of nitrogens with one attached hydrogen (secondary N) is 2. The average molecular weight is 456 g/mol. The third kappa shape index (κ3) is 4.56. The summed E-state index contributed by atoms with van der Waals surface area (Å²) in [6.07, 6.45) is 0. The number of halogens is 2. The van der Waals surface area contributed by atoms with Crippen molar-refractivity contribution in [3.8, 4) is 11.5 Å². The van der Waals surface area contributed by atoms with Gasteiger partial charge in [0.05, 0.1) is 0 Å². The first kappa shape index (κ1) is 22.1. The number of amides is 3. The first-order valence-electron chi connectivity index (χ1n) is 10.2. The molecule has 0 bridgehead atoms. The molecule has 0 unspecified atom stereocenters. The quantitative estimate of drug-likeness (QED) is 0.544. The Balaban J connectivity index is 1.51. The molecule has 9 nitrogen and oxygen atoms in total. The molecule has 33 heavy (non-hydrogen) atoms. The maximum atomic E-state index is 14.1. The van der Waals surface area contributed by atoms with Crippen LogP contribution >= 0.6 is 0 Å². The Hall–Kier alpha value is -4.15. The molecule has 3 amide bonds. The molecule has 4 N–H and O–H groups in total. The topological polar surface area (TPSA) is 117 Å². The second-order valence-corrected chi connectivity index (χ2v) is 7.36. The van der Waals surface area contributed by atoms with Gasteiger partial charge in [-0.3, -0.25) is 4.79 Å². The molecule has 1 fully saturated rings. The molecule has 0 saturated carbocycles. The molecule has 172 valence electrons. The van der Waals surface area contributed by atoms with Gasteiger partial charge < -0.3 is 30.6 Å². The molecule has 1 aliphatic rings. The highest BCUT2D eigenvalue weighted by Gasteiger charge is 2.24. The smallest absolute Gasteiger partial charge is 0.317 e. The average Bonchev–Trinajstić information content (AvgIpc) is 3.22. The third-order valence-electron chi connectivity index (χ3n) is 5.31. The molecule has 1 aliphatic heterocycles. The number of anilines is 3. The molecule has 4 rings (SSSR count). The molecule has 0 atom stereocenters. The van der Waals surface area contributed by atoms with E-state index in [0.717, 1.165) is 17.8 Å².